The summed E-state index contributed by atoms with van der Waals surface area (Å²) in [7, 11) is 0. The van der Waals surface area contributed by atoms with Gasteiger partial charge >= 0.3 is 0 Å². The summed E-state index contributed by atoms with van der Waals surface area (Å²) >= 11 is 0. The van der Waals surface area contributed by atoms with Crippen molar-refractivity contribution in [3.63, 3.8) is 0 Å². The third-order valence-electron chi connectivity index (χ3n) is 6.95. The van der Waals surface area contributed by atoms with Crippen LogP contribution in [-0.2, 0) is 4.79 Å². The normalized spacial score (nSPS) is 16.9. The van der Waals surface area contributed by atoms with Crippen molar-refractivity contribution in [1.82, 2.24) is 10.2 Å². The van der Waals surface area contributed by atoms with Crippen LogP contribution >= 0.6 is 0 Å². The van der Waals surface area contributed by atoms with Crippen molar-refractivity contribution in [2.24, 2.45) is 5.92 Å². The van der Waals surface area contributed by atoms with Crippen molar-refractivity contribution >= 4 is 11.8 Å². The summed E-state index contributed by atoms with van der Waals surface area (Å²) in [5.41, 5.74) is 0.580. The largest absolute Gasteiger partial charge is 0.490 e. The molecule has 1 aliphatic heterocycles. The van der Waals surface area contributed by atoms with E-state index < -0.39 is 0 Å². The second-order valence-corrected chi connectivity index (χ2v) is 9.51. The van der Waals surface area contributed by atoms with Crippen LogP contribution in [0.2, 0.25) is 0 Å². The standard InChI is InChI=1S/C29H38N2O5/c1-2-34-27-21-23(13-14-26(27)36-20-19-35-25-11-7-4-8-12-25)29(33)31-17-15-24(16-18-31)30-28(32)22-9-5-3-6-10-22/h4,7-8,11-14,21-22,24H,2-3,5-6,9-10,15-20H2,1H3,(H,30,32). The number of benzene rings is 2. The van der Waals surface area contributed by atoms with Crippen LogP contribution in [0.1, 0.15) is 62.2 Å². The van der Waals surface area contributed by atoms with Gasteiger partial charge in [-0.05, 0) is 62.9 Å². The minimum absolute atomic E-state index is 0.0213. The van der Waals surface area contributed by atoms with E-state index in [1.54, 1.807) is 18.2 Å². The molecule has 1 saturated heterocycles. The molecule has 194 valence electrons. The first-order valence-corrected chi connectivity index (χ1v) is 13.3. The van der Waals surface area contributed by atoms with Gasteiger partial charge in [-0.15, -0.1) is 0 Å². The number of hydrogen-bond donors (Lipinski definition) is 1. The number of ether oxygens (including phenoxy) is 3. The number of hydrogen-bond acceptors (Lipinski definition) is 5. The van der Waals surface area contributed by atoms with E-state index in [-0.39, 0.29) is 23.8 Å². The van der Waals surface area contributed by atoms with Crippen molar-refractivity contribution in [2.45, 2.75) is 57.9 Å². The molecule has 4 rings (SSSR count). The highest BCUT2D eigenvalue weighted by Gasteiger charge is 2.28. The number of amides is 2. The Kier molecular flexibility index (Phi) is 9.47. The highest BCUT2D eigenvalue weighted by molar-refractivity contribution is 5.95. The minimum atomic E-state index is -0.0213. The fourth-order valence-corrected chi connectivity index (χ4v) is 4.95. The third-order valence-corrected chi connectivity index (χ3v) is 6.95. The summed E-state index contributed by atoms with van der Waals surface area (Å²) in [5, 5.41) is 3.23. The maximum atomic E-state index is 13.2. The van der Waals surface area contributed by atoms with Gasteiger partial charge in [0.25, 0.3) is 5.91 Å². The summed E-state index contributed by atoms with van der Waals surface area (Å²) in [6.45, 7) is 4.41. The Morgan fingerprint density at radius 3 is 2.31 bits per heavy atom. The molecule has 2 amide bonds. The summed E-state index contributed by atoms with van der Waals surface area (Å²) in [4.78, 5) is 27.6. The van der Waals surface area contributed by atoms with Crippen LogP contribution in [0.25, 0.3) is 0 Å². The van der Waals surface area contributed by atoms with Gasteiger partial charge in [0.05, 0.1) is 6.61 Å². The van der Waals surface area contributed by atoms with Crippen LogP contribution in [0.5, 0.6) is 17.2 Å². The lowest BCUT2D eigenvalue weighted by atomic mass is 9.88. The lowest BCUT2D eigenvalue weighted by Gasteiger charge is -2.33. The number of rotatable bonds is 10. The van der Waals surface area contributed by atoms with Crippen molar-refractivity contribution in [2.75, 3.05) is 32.9 Å². The first-order chi connectivity index (χ1) is 17.6. The molecule has 0 bridgehead atoms. The van der Waals surface area contributed by atoms with Crippen molar-refractivity contribution in [3.8, 4) is 17.2 Å². The Balaban J connectivity index is 1.27. The molecule has 1 aliphatic carbocycles. The van der Waals surface area contributed by atoms with Gasteiger partial charge in [-0.3, -0.25) is 9.59 Å². The first-order valence-electron chi connectivity index (χ1n) is 13.3. The highest BCUT2D eigenvalue weighted by atomic mass is 16.5. The molecule has 0 radical (unpaired) electrons. The molecule has 7 nitrogen and oxygen atoms in total. The van der Waals surface area contributed by atoms with E-state index in [0.717, 1.165) is 44.3 Å². The molecule has 1 saturated carbocycles. The number of likely N-dealkylation sites (tertiary alicyclic amines) is 1. The van der Waals surface area contributed by atoms with Crippen LogP contribution in [0.4, 0.5) is 0 Å². The zero-order valence-electron chi connectivity index (χ0n) is 21.2. The Morgan fingerprint density at radius 2 is 1.58 bits per heavy atom. The highest BCUT2D eigenvalue weighted by Crippen LogP contribution is 2.30. The Hall–Kier alpha value is -3.22. The zero-order chi connectivity index (χ0) is 25.2. The third kappa shape index (κ3) is 7.15. The SMILES string of the molecule is CCOc1cc(C(=O)N2CCC(NC(=O)C3CCCCC3)CC2)ccc1OCCOc1ccccc1. The number of piperidine rings is 1. The van der Waals surface area contributed by atoms with E-state index in [2.05, 4.69) is 5.32 Å². The van der Waals surface area contributed by atoms with Gasteiger partial charge in [-0.2, -0.15) is 0 Å². The lowest BCUT2D eigenvalue weighted by Crippen LogP contribution is -2.48. The first kappa shape index (κ1) is 25.9. The maximum Gasteiger partial charge on any atom is 0.253 e. The van der Waals surface area contributed by atoms with Crippen LogP contribution in [-0.4, -0.2) is 55.7 Å². The van der Waals surface area contributed by atoms with E-state index in [1.807, 2.05) is 42.2 Å². The summed E-state index contributed by atoms with van der Waals surface area (Å²) in [6.07, 6.45) is 7.12. The maximum absolute atomic E-state index is 13.2. The molecular weight excluding hydrogens is 456 g/mol. The van der Waals surface area contributed by atoms with E-state index in [1.165, 1.54) is 6.42 Å². The van der Waals surface area contributed by atoms with Gasteiger partial charge < -0.3 is 24.4 Å². The van der Waals surface area contributed by atoms with E-state index in [0.29, 0.717) is 50.0 Å². The molecule has 7 heteroatoms. The molecule has 2 aromatic carbocycles. The van der Waals surface area contributed by atoms with Gasteiger partial charge in [-0.25, -0.2) is 0 Å². The quantitative estimate of drug-likeness (QED) is 0.478. The zero-order valence-corrected chi connectivity index (χ0v) is 21.2. The molecule has 2 aliphatic rings. The number of carbonyl (C=O) groups is 2. The molecule has 36 heavy (non-hydrogen) atoms. The molecule has 2 aromatic rings. The Bertz CT molecular complexity index is 982. The molecule has 1 N–H and O–H groups in total. The molecule has 0 unspecified atom stereocenters. The molecule has 0 aromatic heterocycles. The van der Waals surface area contributed by atoms with Gasteiger partial charge in [0.15, 0.2) is 11.5 Å². The number of nitrogens with one attached hydrogen (secondary N) is 1. The summed E-state index contributed by atoms with van der Waals surface area (Å²) in [6, 6.07) is 15.1. The molecule has 0 spiro atoms. The van der Waals surface area contributed by atoms with Crippen LogP contribution in [0.15, 0.2) is 48.5 Å². The average molecular weight is 495 g/mol. The van der Waals surface area contributed by atoms with Crippen molar-refractivity contribution < 1.29 is 23.8 Å². The molecule has 2 fully saturated rings. The van der Waals surface area contributed by atoms with Crippen molar-refractivity contribution in [3.05, 3.63) is 54.1 Å². The molecular formula is C29H38N2O5. The lowest BCUT2D eigenvalue weighted by molar-refractivity contribution is -0.126. The second kappa shape index (κ2) is 13.2. The van der Waals surface area contributed by atoms with E-state index in [9.17, 15) is 9.59 Å². The van der Waals surface area contributed by atoms with Gasteiger partial charge in [-0.1, -0.05) is 37.5 Å². The van der Waals surface area contributed by atoms with E-state index >= 15 is 0 Å². The van der Waals surface area contributed by atoms with Crippen LogP contribution in [0, 0.1) is 5.92 Å². The number of para-hydroxylation sites is 1. The Labute approximate surface area is 214 Å². The van der Waals surface area contributed by atoms with Crippen LogP contribution < -0.4 is 19.5 Å². The summed E-state index contributed by atoms with van der Waals surface area (Å²) in [5.74, 6) is 2.29. The van der Waals surface area contributed by atoms with E-state index in [4.69, 9.17) is 14.2 Å². The fourth-order valence-electron chi connectivity index (χ4n) is 4.95. The average Bonchev–Trinajstić information content (AvgIpc) is 2.93. The van der Waals surface area contributed by atoms with Gasteiger partial charge in [0.1, 0.15) is 19.0 Å². The topological polar surface area (TPSA) is 77.1 Å². The second-order valence-electron chi connectivity index (χ2n) is 9.51. The molecule has 1 heterocycles. The minimum Gasteiger partial charge on any atom is -0.490 e. The predicted molar refractivity (Wildman–Crippen MR) is 139 cm³/mol. The summed E-state index contributed by atoms with van der Waals surface area (Å²) < 4.78 is 17.3. The Morgan fingerprint density at radius 1 is 0.861 bits per heavy atom. The molecule has 0 atom stereocenters. The van der Waals surface area contributed by atoms with Crippen LogP contribution in [0.3, 0.4) is 0 Å². The number of carbonyl (C=O) groups excluding carboxylic acids is 2. The number of nitrogens with zero attached hydrogens (tertiary/aromatic N) is 1. The predicted octanol–water partition coefficient (Wildman–Crippen LogP) is 4.84. The van der Waals surface area contributed by atoms with Gasteiger partial charge in [0.2, 0.25) is 5.91 Å². The fraction of sp³-hybridized carbons (Fsp3) is 0.517. The monoisotopic (exact) mass is 494 g/mol. The van der Waals surface area contributed by atoms with Gasteiger partial charge in [0, 0.05) is 30.6 Å². The van der Waals surface area contributed by atoms with Crippen molar-refractivity contribution in [1.29, 1.82) is 0 Å². The smallest absolute Gasteiger partial charge is 0.253 e.